The van der Waals surface area contributed by atoms with Gasteiger partial charge in [0.1, 0.15) is 5.75 Å². The second kappa shape index (κ2) is 9.78. The molecule has 0 spiro atoms. The summed E-state index contributed by atoms with van der Waals surface area (Å²) in [6.07, 6.45) is 7.21. The summed E-state index contributed by atoms with van der Waals surface area (Å²) in [6.45, 7) is 0. The van der Waals surface area contributed by atoms with Crippen molar-refractivity contribution in [2.24, 2.45) is 0 Å². The van der Waals surface area contributed by atoms with Crippen molar-refractivity contribution in [3.63, 3.8) is 0 Å². The van der Waals surface area contributed by atoms with Crippen molar-refractivity contribution in [1.29, 1.82) is 0 Å². The molecule has 0 aliphatic heterocycles. The summed E-state index contributed by atoms with van der Waals surface area (Å²) in [4.78, 5) is 12.2. The molecule has 1 aliphatic carbocycles. The van der Waals surface area contributed by atoms with E-state index in [9.17, 15) is 4.79 Å². The van der Waals surface area contributed by atoms with Gasteiger partial charge in [-0.3, -0.25) is 4.79 Å². The molecule has 2 N–H and O–H groups in total. The summed E-state index contributed by atoms with van der Waals surface area (Å²) in [5.41, 5.74) is 0.921. The van der Waals surface area contributed by atoms with Crippen LogP contribution in [0.5, 0.6) is 5.75 Å². The van der Waals surface area contributed by atoms with Crippen LogP contribution >= 0.6 is 23.1 Å². The predicted molar refractivity (Wildman–Crippen MR) is 107 cm³/mol. The zero-order valence-electron chi connectivity index (χ0n) is 14.9. The number of thioether (sulfide) groups is 1. The molecule has 0 atom stereocenters. The van der Waals surface area contributed by atoms with Gasteiger partial charge in [0.15, 0.2) is 4.34 Å². The monoisotopic (exact) mass is 392 g/mol. The number of aromatic nitrogens is 2. The first-order chi connectivity index (χ1) is 12.7. The first kappa shape index (κ1) is 19.0. The first-order valence-electron chi connectivity index (χ1n) is 8.89. The minimum Gasteiger partial charge on any atom is -0.497 e. The van der Waals surface area contributed by atoms with E-state index in [0.717, 1.165) is 28.6 Å². The summed E-state index contributed by atoms with van der Waals surface area (Å²) < 4.78 is 5.93. The number of rotatable bonds is 7. The molecule has 140 valence electrons. The van der Waals surface area contributed by atoms with Crippen LogP contribution in [-0.4, -0.2) is 35.0 Å². The largest absolute Gasteiger partial charge is 0.497 e. The van der Waals surface area contributed by atoms with E-state index in [0.29, 0.717) is 16.9 Å². The minimum atomic E-state index is 0.0850. The SMILES string of the molecule is COc1ccc(Nc2nnc(SCC(=O)NC3CCCCCC3)s2)cc1. The summed E-state index contributed by atoms with van der Waals surface area (Å²) >= 11 is 2.88. The van der Waals surface area contributed by atoms with Crippen LogP contribution in [-0.2, 0) is 4.79 Å². The molecule has 1 amide bonds. The third-order valence-corrected chi connectivity index (χ3v) is 6.27. The molecule has 2 aromatic rings. The van der Waals surface area contributed by atoms with Gasteiger partial charge >= 0.3 is 0 Å². The van der Waals surface area contributed by atoms with Crippen molar-refractivity contribution < 1.29 is 9.53 Å². The fraction of sp³-hybridized carbons (Fsp3) is 0.500. The highest BCUT2D eigenvalue weighted by atomic mass is 32.2. The number of amides is 1. The Morgan fingerprint density at radius 2 is 1.92 bits per heavy atom. The molecule has 0 saturated heterocycles. The number of carbonyl (C=O) groups is 1. The predicted octanol–water partition coefficient (Wildman–Crippen LogP) is 4.22. The Labute approximate surface area is 162 Å². The lowest BCUT2D eigenvalue weighted by Gasteiger charge is -2.15. The summed E-state index contributed by atoms with van der Waals surface area (Å²) in [7, 11) is 1.64. The molecule has 1 aromatic heterocycles. The van der Waals surface area contributed by atoms with Crippen LogP contribution in [0.3, 0.4) is 0 Å². The normalized spacial score (nSPS) is 15.3. The maximum Gasteiger partial charge on any atom is 0.230 e. The molecule has 1 saturated carbocycles. The molecular weight excluding hydrogens is 368 g/mol. The minimum absolute atomic E-state index is 0.0850. The Balaban J connectivity index is 1.44. The third kappa shape index (κ3) is 5.88. The van der Waals surface area contributed by atoms with Gasteiger partial charge < -0.3 is 15.4 Å². The van der Waals surface area contributed by atoms with Crippen molar-refractivity contribution >= 4 is 39.8 Å². The zero-order chi connectivity index (χ0) is 18.2. The van der Waals surface area contributed by atoms with Crippen molar-refractivity contribution in [3.8, 4) is 5.75 Å². The Morgan fingerprint density at radius 3 is 2.62 bits per heavy atom. The van der Waals surface area contributed by atoms with Gasteiger partial charge in [0.25, 0.3) is 0 Å². The number of ether oxygens (including phenoxy) is 1. The van der Waals surface area contributed by atoms with E-state index >= 15 is 0 Å². The van der Waals surface area contributed by atoms with Crippen LogP contribution < -0.4 is 15.4 Å². The highest BCUT2D eigenvalue weighted by Crippen LogP contribution is 2.28. The smallest absolute Gasteiger partial charge is 0.230 e. The van der Waals surface area contributed by atoms with Crippen molar-refractivity contribution in [1.82, 2.24) is 15.5 Å². The van der Waals surface area contributed by atoms with Crippen molar-refractivity contribution in [3.05, 3.63) is 24.3 Å². The Kier molecular flexibility index (Phi) is 7.13. The molecule has 6 nitrogen and oxygen atoms in total. The quantitative estimate of drug-likeness (QED) is 0.543. The molecule has 8 heteroatoms. The highest BCUT2D eigenvalue weighted by molar-refractivity contribution is 8.01. The molecule has 1 aliphatic rings. The number of carbonyl (C=O) groups excluding carboxylic acids is 1. The Hall–Kier alpha value is -1.80. The molecule has 3 rings (SSSR count). The van der Waals surface area contributed by atoms with Gasteiger partial charge in [-0.25, -0.2) is 0 Å². The van der Waals surface area contributed by atoms with E-state index in [4.69, 9.17) is 4.74 Å². The van der Waals surface area contributed by atoms with E-state index in [2.05, 4.69) is 20.8 Å². The summed E-state index contributed by atoms with van der Waals surface area (Å²) in [5.74, 6) is 1.28. The van der Waals surface area contributed by atoms with Crippen molar-refractivity contribution in [2.75, 3.05) is 18.2 Å². The van der Waals surface area contributed by atoms with E-state index in [1.165, 1.54) is 48.8 Å². The molecule has 0 radical (unpaired) electrons. The number of hydrogen-bond donors (Lipinski definition) is 2. The topological polar surface area (TPSA) is 76.1 Å². The Bertz CT molecular complexity index is 697. The van der Waals surface area contributed by atoms with E-state index < -0.39 is 0 Å². The average molecular weight is 393 g/mol. The fourth-order valence-corrected chi connectivity index (χ4v) is 4.52. The second-order valence-electron chi connectivity index (χ2n) is 6.27. The molecule has 0 unspecified atom stereocenters. The molecule has 0 bridgehead atoms. The third-order valence-electron chi connectivity index (χ3n) is 4.29. The van der Waals surface area contributed by atoms with Crippen LogP contribution in [0.25, 0.3) is 0 Å². The Morgan fingerprint density at radius 1 is 1.19 bits per heavy atom. The molecule has 1 heterocycles. The highest BCUT2D eigenvalue weighted by Gasteiger charge is 2.15. The lowest BCUT2D eigenvalue weighted by atomic mass is 10.1. The molecule has 26 heavy (non-hydrogen) atoms. The van der Waals surface area contributed by atoms with Gasteiger partial charge in [0.05, 0.1) is 12.9 Å². The summed E-state index contributed by atoms with van der Waals surface area (Å²) in [5, 5.41) is 15.4. The average Bonchev–Trinajstić information content (AvgIpc) is 2.94. The standard InChI is InChI=1S/C18H24N4O2S2/c1-24-15-10-8-14(9-11-15)20-17-21-22-18(26-17)25-12-16(23)19-13-6-4-2-3-5-7-13/h8-11,13H,2-7,12H2,1H3,(H,19,23)(H,20,21). The number of anilines is 2. The number of nitrogens with zero attached hydrogens (tertiary/aromatic N) is 2. The van der Waals surface area contributed by atoms with E-state index in [1.54, 1.807) is 7.11 Å². The van der Waals surface area contributed by atoms with Gasteiger partial charge in [0, 0.05) is 11.7 Å². The second-order valence-corrected chi connectivity index (χ2v) is 8.47. The lowest BCUT2D eigenvalue weighted by molar-refractivity contribution is -0.119. The van der Waals surface area contributed by atoms with E-state index in [-0.39, 0.29) is 5.91 Å². The van der Waals surface area contributed by atoms with Gasteiger partial charge in [-0.15, -0.1) is 10.2 Å². The molecular formula is C18H24N4O2S2. The van der Waals surface area contributed by atoms with Gasteiger partial charge in [-0.1, -0.05) is 48.8 Å². The fourth-order valence-electron chi connectivity index (χ4n) is 2.94. The van der Waals surface area contributed by atoms with Crippen molar-refractivity contribution in [2.45, 2.75) is 48.9 Å². The molecule has 1 fully saturated rings. The van der Waals surface area contributed by atoms with Crippen LogP contribution in [0.2, 0.25) is 0 Å². The maximum absolute atomic E-state index is 12.2. The van der Waals surface area contributed by atoms with Crippen LogP contribution in [0.1, 0.15) is 38.5 Å². The number of hydrogen-bond acceptors (Lipinski definition) is 7. The zero-order valence-corrected chi connectivity index (χ0v) is 16.5. The van der Waals surface area contributed by atoms with Crippen LogP contribution in [0.15, 0.2) is 28.6 Å². The van der Waals surface area contributed by atoms with Gasteiger partial charge in [-0.2, -0.15) is 0 Å². The van der Waals surface area contributed by atoms with Gasteiger partial charge in [0.2, 0.25) is 11.0 Å². The molecule has 1 aromatic carbocycles. The van der Waals surface area contributed by atoms with Crippen LogP contribution in [0.4, 0.5) is 10.8 Å². The summed E-state index contributed by atoms with van der Waals surface area (Å²) in [6, 6.07) is 7.96. The van der Waals surface area contributed by atoms with E-state index in [1.807, 2.05) is 24.3 Å². The number of benzene rings is 1. The number of nitrogens with one attached hydrogen (secondary N) is 2. The van der Waals surface area contributed by atoms with Crippen LogP contribution in [0, 0.1) is 0 Å². The van der Waals surface area contributed by atoms with Gasteiger partial charge in [-0.05, 0) is 37.1 Å². The number of methoxy groups -OCH3 is 1. The lowest BCUT2D eigenvalue weighted by Crippen LogP contribution is -2.35. The first-order valence-corrected chi connectivity index (χ1v) is 10.7. The maximum atomic E-state index is 12.2.